The number of ketones is 1. The second-order valence-electron chi connectivity index (χ2n) is 6.65. The Labute approximate surface area is 165 Å². The predicted octanol–water partition coefficient (Wildman–Crippen LogP) is 4.91. The van der Waals surface area contributed by atoms with Crippen LogP contribution in [0.15, 0.2) is 59.2 Å². The van der Waals surface area contributed by atoms with Crippen molar-refractivity contribution in [3.63, 3.8) is 0 Å². The Hall–Kier alpha value is -2.60. The summed E-state index contributed by atoms with van der Waals surface area (Å²) < 4.78 is 6.35. The fourth-order valence-electron chi connectivity index (χ4n) is 3.54. The molecule has 5 nitrogen and oxygen atoms in total. The molecular formula is C21H19BrN2O3. The van der Waals surface area contributed by atoms with Crippen LogP contribution in [0.25, 0.3) is 10.9 Å². The molecule has 1 N–H and O–H groups in total. The summed E-state index contributed by atoms with van der Waals surface area (Å²) in [4.78, 5) is 30.4. The van der Waals surface area contributed by atoms with Crippen molar-refractivity contribution in [1.82, 2.24) is 9.88 Å². The van der Waals surface area contributed by atoms with Crippen molar-refractivity contribution in [2.24, 2.45) is 0 Å². The van der Waals surface area contributed by atoms with Gasteiger partial charge in [-0.1, -0.05) is 46.3 Å². The van der Waals surface area contributed by atoms with Crippen molar-refractivity contribution in [3.8, 4) is 0 Å². The number of carbonyl (C=O) groups is 2. The van der Waals surface area contributed by atoms with Gasteiger partial charge in [0.05, 0.1) is 6.04 Å². The standard InChI is InChI=1S/C21H19BrN2O3/c22-15-8-9-18-16(11-15)17(12-23-18)20(25)19-7-4-10-24(19)21(26)27-13-14-5-2-1-3-6-14/h1-3,5-6,8-9,11-12,19,23H,4,7,10,13H2/t19-/m0/s1. The first-order chi connectivity index (χ1) is 13.1. The summed E-state index contributed by atoms with van der Waals surface area (Å²) in [5.74, 6) is -0.0477. The van der Waals surface area contributed by atoms with E-state index in [1.807, 2.05) is 48.5 Å². The molecular weight excluding hydrogens is 408 g/mol. The maximum absolute atomic E-state index is 13.1. The smallest absolute Gasteiger partial charge is 0.410 e. The molecule has 1 aliphatic rings. The lowest BCUT2D eigenvalue weighted by atomic mass is 10.0. The Morgan fingerprint density at radius 2 is 2.00 bits per heavy atom. The maximum Gasteiger partial charge on any atom is 0.410 e. The highest BCUT2D eigenvalue weighted by molar-refractivity contribution is 9.10. The number of nitrogens with one attached hydrogen (secondary N) is 1. The molecule has 0 saturated carbocycles. The minimum absolute atomic E-state index is 0.0477. The van der Waals surface area contributed by atoms with Gasteiger partial charge in [-0.25, -0.2) is 4.79 Å². The summed E-state index contributed by atoms with van der Waals surface area (Å²) in [6, 6.07) is 14.8. The zero-order chi connectivity index (χ0) is 18.8. The van der Waals surface area contributed by atoms with Gasteiger partial charge in [-0.15, -0.1) is 0 Å². The number of hydrogen-bond donors (Lipinski definition) is 1. The van der Waals surface area contributed by atoms with E-state index in [0.717, 1.165) is 27.4 Å². The zero-order valence-corrected chi connectivity index (χ0v) is 16.2. The number of nitrogens with zero attached hydrogens (tertiary/aromatic N) is 1. The minimum atomic E-state index is -0.480. The Bertz CT molecular complexity index is 984. The molecule has 0 spiro atoms. The van der Waals surface area contributed by atoms with Crippen LogP contribution in [0.5, 0.6) is 0 Å². The fraction of sp³-hybridized carbons (Fsp3) is 0.238. The van der Waals surface area contributed by atoms with E-state index in [2.05, 4.69) is 20.9 Å². The number of aromatic amines is 1. The van der Waals surface area contributed by atoms with Crippen LogP contribution < -0.4 is 0 Å². The zero-order valence-electron chi connectivity index (χ0n) is 14.7. The average molecular weight is 427 g/mol. The number of fused-ring (bicyclic) bond motifs is 1. The fourth-order valence-corrected chi connectivity index (χ4v) is 3.90. The van der Waals surface area contributed by atoms with Crippen LogP contribution in [0.2, 0.25) is 0 Å². The van der Waals surface area contributed by atoms with E-state index < -0.39 is 12.1 Å². The van der Waals surface area contributed by atoms with Gasteiger partial charge in [-0.3, -0.25) is 9.69 Å². The number of H-pyrrole nitrogens is 1. The topological polar surface area (TPSA) is 62.4 Å². The second-order valence-corrected chi connectivity index (χ2v) is 7.56. The lowest BCUT2D eigenvalue weighted by molar-refractivity contribution is 0.0739. The summed E-state index contributed by atoms with van der Waals surface area (Å²) in [5, 5.41) is 0.860. The second kappa shape index (κ2) is 7.56. The van der Waals surface area contributed by atoms with Crippen molar-refractivity contribution in [1.29, 1.82) is 0 Å². The molecule has 0 unspecified atom stereocenters. The summed E-state index contributed by atoms with van der Waals surface area (Å²) in [7, 11) is 0. The molecule has 4 rings (SSSR count). The predicted molar refractivity (Wildman–Crippen MR) is 107 cm³/mol. The summed E-state index contributed by atoms with van der Waals surface area (Å²) in [5.41, 5.74) is 2.44. The molecule has 1 amide bonds. The number of Topliss-reactive ketones (excluding diaryl/α,β-unsaturated/α-hetero) is 1. The lowest BCUT2D eigenvalue weighted by Gasteiger charge is -2.23. The Balaban J connectivity index is 1.51. The SMILES string of the molecule is O=C(c1c[nH]c2ccc(Br)cc12)[C@@H]1CCCN1C(=O)OCc1ccccc1. The quantitative estimate of drug-likeness (QED) is 0.602. The van der Waals surface area contributed by atoms with E-state index in [0.29, 0.717) is 18.5 Å². The number of carbonyl (C=O) groups excluding carboxylic acids is 2. The molecule has 1 atom stereocenters. The highest BCUT2D eigenvalue weighted by Crippen LogP contribution is 2.28. The average Bonchev–Trinajstić information content (AvgIpc) is 3.33. The highest BCUT2D eigenvalue weighted by atomic mass is 79.9. The molecule has 1 fully saturated rings. The molecule has 3 aromatic rings. The van der Waals surface area contributed by atoms with Gasteiger partial charge < -0.3 is 9.72 Å². The molecule has 2 aromatic carbocycles. The van der Waals surface area contributed by atoms with Crippen LogP contribution in [0.4, 0.5) is 4.79 Å². The van der Waals surface area contributed by atoms with Gasteiger partial charge in [-0.2, -0.15) is 0 Å². The Morgan fingerprint density at radius 3 is 2.81 bits per heavy atom. The van der Waals surface area contributed by atoms with Gasteiger partial charge in [-0.05, 0) is 36.6 Å². The Morgan fingerprint density at radius 1 is 1.19 bits per heavy atom. The number of ether oxygens (including phenoxy) is 1. The van der Waals surface area contributed by atoms with Crippen molar-refractivity contribution >= 4 is 38.7 Å². The van der Waals surface area contributed by atoms with E-state index >= 15 is 0 Å². The van der Waals surface area contributed by atoms with Gasteiger partial charge in [0.15, 0.2) is 5.78 Å². The first-order valence-electron chi connectivity index (χ1n) is 8.91. The molecule has 0 bridgehead atoms. The van der Waals surface area contributed by atoms with Crippen molar-refractivity contribution < 1.29 is 14.3 Å². The molecule has 1 saturated heterocycles. The number of aromatic nitrogens is 1. The number of hydrogen-bond acceptors (Lipinski definition) is 3. The van der Waals surface area contributed by atoms with Crippen LogP contribution in [-0.4, -0.2) is 34.3 Å². The largest absolute Gasteiger partial charge is 0.445 e. The molecule has 27 heavy (non-hydrogen) atoms. The summed E-state index contributed by atoms with van der Waals surface area (Å²) >= 11 is 3.45. The van der Waals surface area contributed by atoms with Crippen LogP contribution in [0, 0.1) is 0 Å². The molecule has 1 aromatic heterocycles. The number of amides is 1. The number of rotatable bonds is 4. The summed E-state index contributed by atoms with van der Waals surface area (Å²) in [6.07, 6.45) is 2.74. The number of benzene rings is 2. The van der Waals surface area contributed by atoms with Gasteiger partial charge >= 0.3 is 6.09 Å². The molecule has 6 heteroatoms. The molecule has 0 radical (unpaired) electrons. The maximum atomic E-state index is 13.1. The summed E-state index contributed by atoms with van der Waals surface area (Å²) in [6.45, 7) is 0.743. The van der Waals surface area contributed by atoms with Crippen molar-refractivity contribution in [2.75, 3.05) is 6.54 Å². The van der Waals surface area contributed by atoms with Crippen molar-refractivity contribution in [3.05, 3.63) is 70.3 Å². The molecule has 2 heterocycles. The normalized spacial score (nSPS) is 16.6. The monoisotopic (exact) mass is 426 g/mol. The van der Waals surface area contributed by atoms with E-state index in [1.165, 1.54) is 0 Å². The highest BCUT2D eigenvalue weighted by Gasteiger charge is 2.36. The molecule has 138 valence electrons. The lowest BCUT2D eigenvalue weighted by Crippen LogP contribution is -2.40. The minimum Gasteiger partial charge on any atom is -0.445 e. The molecule has 0 aliphatic carbocycles. The number of halogens is 1. The van der Waals surface area contributed by atoms with E-state index in [4.69, 9.17) is 4.74 Å². The van der Waals surface area contributed by atoms with Gasteiger partial charge in [0.1, 0.15) is 6.61 Å². The Kier molecular flexibility index (Phi) is 4.99. The van der Waals surface area contributed by atoms with E-state index in [1.54, 1.807) is 11.1 Å². The van der Waals surface area contributed by atoms with Crippen LogP contribution in [-0.2, 0) is 11.3 Å². The van der Waals surface area contributed by atoms with Crippen molar-refractivity contribution in [2.45, 2.75) is 25.5 Å². The van der Waals surface area contributed by atoms with Crippen LogP contribution in [0.3, 0.4) is 0 Å². The first-order valence-corrected chi connectivity index (χ1v) is 9.71. The van der Waals surface area contributed by atoms with Gasteiger partial charge in [0.2, 0.25) is 0 Å². The van der Waals surface area contributed by atoms with Gasteiger partial charge in [0.25, 0.3) is 0 Å². The number of likely N-dealkylation sites (tertiary alicyclic amines) is 1. The third kappa shape index (κ3) is 3.62. The van der Waals surface area contributed by atoms with Crippen LogP contribution in [0.1, 0.15) is 28.8 Å². The first kappa shape index (κ1) is 17.8. The van der Waals surface area contributed by atoms with Gasteiger partial charge in [0, 0.05) is 33.7 Å². The van der Waals surface area contributed by atoms with E-state index in [-0.39, 0.29) is 12.4 Å². The molecule has 1 aliphatic heterocycles. The van der Waals surface area contributed by atoms with E-state index in [9.17, 15) is 9.59 Å². The van der Waals surface area contributed by atoms with Crippen LogP contribution >= 0.6 is 15.9 Å². The third-order valence-corrected chi connectivity index (χ3v) is 5.40. The third-order valence-electron chi connectivity index (χ3n) is 4.90.